The van der Waals surface area contributed by atoms with Crippen LogP contribution in [0.25, 0.3) is 0 Å². The third kappa shape index (κ3) is 4.30. The minimum atomic E-state index is 0.215. The van der Waals surface area contributed by atoms with Gasteiger partial charge in [0.25, 0.3) is 0 Å². The molecule has 1 aromatic heterocycles. The second-order valence-electron chi connectivity index (χ2n) is 5.64. The number of nitrogens with one attached hydrogen (secondary N) is 1. The molecule has 1 aliphatic rings. The number of nitrogens with zero attached hydrogens (tertiary/aromatic N) is 2. The van der Waals surface area contributed by atoms with Crippen LogP contribution in [0.2, 0.25) is 0 Å². The van der Waals surface area contributed by atoms with Gasteiger partial charge in [0.05, 0.1) is 6.04 Å². The molecule has 4 nitrogen and oxygen atoms in total. The van der Waals surface area contributed by atoms with Gasteiger partial charge in [0.15, 0.2) is 0 Å². The minimum Gasteiger partial charge on any atom is -0.424 e. The molecule has 1 atom stereocenters. The Morgan fingerprint density at radius 3 is 2.74 bits per heavy atom. The monoisotopic (exact) mass is 265 g/mol. The van der Waals surface area contributed by atoms with Crippen LogP contribution in [0, 0.1) is 5.92 Å². The van der Waals surface area contributed by atoms with Crippen molar-refractivity contribution in [3.63, 3.8) is 0 Å². The molecular formula is C15H27N3O. The van der Waals surface area contributed by atoms with Crippen LogP contribution in [0.1, 0.15) is 76.6 Å². The summed E-state index contributed by atoms with van der Waals surface area (Å²) < 4.78 is 5.81. The van der Waals surface area contributed by atoms with E-state index < -0.39 is 0 Å². The van der Waals surface area contributed by atoms with Gasteiger partial charge in [0, 0.05) is 6.42 Å². The Morgan fingerprint density at radius 1 is 1.26 bits per heavy atom. The second-order valence-corrected chi connectivity index (χ2v) is 5.64. The number of aryl methyl sites for hydroxylation is 1. The van der Waals surface area contributed by atoms with E-state index in [0.29, 0.717) is 0 Å². The maximum absolute atomic E-state index is 5.81. The SMILES string of the molecule is CCCNC(CC)c1nnc(CCC2CCCC2)o1. The Hall–Kier alpha value is -0.900. The summed E-state index contributed by atoms with van der Waals surface area (Å²) in [5.41, 5.74) is 0. The van der Waals surface area contributed by atoms with Crippen LogP contribution >= 0.6 is 0 Å². The molecule has 0 saturated heterocycles. The van der Waals surface area contributed by atoms with Crippen LogP contribution in [0.15, 0.2) is 4.42 Å². The Labute approximate surface area is 116 Å². The third-order valence-corrected chi connectivity index (χ3v) is 4.07. The first kappa shape index (κ1) is 14.5. The molecule has 0 aliphatic heterocycles. The number of hydrogen-bond acceptors (Lipinski definition) is 4. The molecule has 108 valence electrons. The Balaban J connectivity index is 1.82. The molecule has 0 amide bonds. The summed E-state index contributed by atoms with van der Waals surface area (Å²) in [6.07, 6.45) is 9.84. The highest BCUT2D eigenvalue weighted by atomic mass is 16.4. The predicted molar refractivity (Wildman–Crippen MR) is 75.9 cm³/mol. The zero-order valence-electron chi connectivity index (χ0n) is 12.3. The van der Waals surface area contributed by atoms with E-state index in [2.05, 4.69) is 29.4 Å². The lowest BCUT2D eigenvalue weighted by atomic mass is 10.0. The second kappa shape index (κ2) is 7.63. The van der Waals surface area contributed by atoms with Gasteiger partial charge in [0.2, 0.25) is 11.8 Å². The zero-order valence-corrected chi connectivity index (χ0v) is 12.3. The molecule has 1 aliphatic carbocycles. The molecule has 1 saturated carbocycles. The quantitative estimate of drug-likeness (QED) is 0.779. The van der Waals surface area contributed by atoms with Gasteiger partial charge in [-0.2, -0.15) is 0 Å². The molecule has 4 heteroatoms. The van der Waals surface area contributed by atoms with E-state index in [-0.39, 0.29) is 6.04 Å². The van der Waals surface area contributed by atoms with Crippen molar-refractivity contribution in [2.75, 3.05) is 6.54 Å². The smallest absolute Gasteiger partial charge is 0.233 e. The molecule has 1 aromatic rings. The molecular weight excluding hydrogens is 238 g/mol. The van der Waals surface area contributed by atoms with Gasteiger partial charge in [-0.15, -0.1) is 10.2 Å². The van der Waals surface area contributed by atoms with Crippen LogP contribution in [0.4, 0.5) is 0 Å². The topological polar surface area (TPSA) is 51.0 Å². The fourth-order valence-corrected chi connectivity index (χ4v) is 2.86. The summed E-state index contributed by atoms with van der Waals surface area (Å²) >= 11 is 0. The highest BCUT2D eigenvalue weighted by molar-refractivity contribution is 4.90. The molecule has 19 heavy (non-hydrogen) atoms. The molecule has 1 fully saturated rings. The van der Waals surface area contributed by atoms with E-state index in [4.69, 9.17) is 4.42 Å². The van der Waals surface area contributed by atoms with Crippen LogP contribution in [0.3, 0.4) is 0 Å². The molecule has 1 unspecified atom stereocenters. The van der Waals surface area contributed by atoms with Crippen molar-refractivity contribution in [1.82, 2.24) is 15.5 Å². The van der Waals surface area contributed by atoms with E-state index >= 15 is 0 Å². The van der Waals surface area contributed by atoms with Crippen LogP contribution in [-0.4, -0.2) is 16.7 Å². The van der Waals surface area contributed by atoms with Gasteiger partial charge in [-0.05, 0) is 31.7 Å². The van der Waals surface area contributed by atoms with Gasteiger partial charge < -0.3 is 9.73 Å². The van der Waals surface area contributed by atoms with E-state index in [9.17, 15) is 0 Å². The normalized spacial score (nSPS) is 18.0. The predicted octanol–water partition coefficient (Wildman–Crippen LogP) is 3.64. The van der Waals surface area contributed by atoms with Crippen molar-refractivity contribution in [1.29, 1.82) is 0 Å². The third-order valence-electron chi connectivity index (χ3n) is 4.07. The molecule has 1 heterocycles. The van der Waals surface area contributed by atoms with Gasteiger partial charge in [-0.3, -0.25) is 0 Å². The Kier molecular flexibility index (Phi) is 5.83. The number of hydrogen-bond donors (Lipinski definition) is 1. The van der Waals surface area contributed by atoms with E-state index in [1.807, 2.05) is 0 Å². The lowest BCUT2D eigenvalue weighted by Gasteiger charge is -2.11. The van der Waals surface area contributed by atoms with Crippen molar-refractivity contribution in [2.24, 2.45) is 5.92 Å². The molecule has 0 bridgehead atoms. The maximum atomic E-state index is 5.81. The summed E-state index contributed by atoms with van der Waals surface area (Å²) in [4.78, 5) is 0. The summed E-state index contributed by atoms with van der Waals surface area (Å²) in [6, 6.07) is 0.215. The van der Waals surface area contributed by atoms with Gasteiger partial charge in [-0.25, -0.2) is 0 Å². The lowest BCUT2D eigenvalue weighted by Crippen LogP contribution is -2.21. The molecule has 1 N–H and O–H groups in total. The molecule has 0 radical (unpaired) electrons. The highest BCUT2D eigenvalue weighted by Gasteiger charge is 2.18. The van der Waals surface area contributed by atoms with Crippen molar-refractivity contribution < 1.29 is 4.42 Å². The average molecular weight is 265 g/mol. The summed E-state index contributed by atoms with van der Waals surface area (Å²) in [7, 11) is 0. The van der Waals surface area contributed by atoms with E-state index in [0.717, 1.165) is 43.5 Å². The first-order chi connectivity index (χ1) is 9.33. The largest absolute Gasteiger partial charge is 0.424 e. The Morgan fingerprint density at radius 2 is 2.05 bits per heavy atom. The standard InChI is InChI=1S/C15H27N3O/c1-3-11-16-13(4-2)15-18-17-14(19-15)10-9-12-7-5-6-8-12/h12-13,16H,3-11H2,1-2H3. The maximum Gasteiger partial charge on any atom is 0.233 e. The van der Waals surface area contributed by atoms with E-state index in [1.54, 1.807) is 0 Å². The number of rotatable bonds is 8. The summed E-state index contributed by atoms with van der Waals surface area (Å²) in [5.74, 6) is 2.46. The zero-order chi connectivity index (χ0) is 13.5. The first-order valence-electron chi connectivity index (χ1n) is 7.89. The van der Waals surface area contributed by atoms with Crippen molar-refractivity contribution in [3.8, 4) is 0 Å². The van der Waals surface area contributed by atoms with Crippen LogP contribution < -0.4 is 5.32 Å². The molecule has 0 spiro atoms. The van der Waals surface area contributed by atoms with Gasteiger partial charge in [-0.1, -0.05) is 39.5 Å². The van der Waals surface area contributed by atoms with Gasteiger partial charge >= 0.3 is 0 Å². The number of aromatic nitrogens is 2. The molecule has 2 rings (SSSR count). The average Bonchev–Trinajstić information content (AvgIpc) is 3.09. The Bertz CT molecular complexity index is 358. The highest BCUT2D eigenvalue weighted by Crippen LogP contribution is 2.28. The summed E-state index contributed by atoms with van der Waals surface area (Å²) in [6.45, 7) is 5.31. The van der Waals surface area contributed by atoms with Gasteiger partial charge in [0.1, 0.15) is 0 Å². The molecule has 0 aromatic carbocycles. The van der Waals surface area contributed by atoms with Crippen molar-refractivity contribution >= 4 is 0 Å². The van der Waals surface area contributed by atoms with Crippen LogP contribution in [0.5, 0.6) is 0 Å². The van der Waals surface area contributed by atoms with Crippen molar-refractivity contribution in [2.45, 2.75) is 71.3 Å². The fourth-order valence-electron chi connectivity index (χ4n) is 2.86. The minimum absolute atomic E-state index is 0.215. The summed E-state index contributed by atoms with van der Waals surface area (Å²) in [5, 5.41) is 11.9. The van der Waals surface area contributed by atoms with E-state index in [1.165, 1.54) is 32.1 Å². The lowest BCUT2D eigenvalue weighted by molar-refractivity contribution is 0.363. The van der Waals surface area contributed by atoms with Crippen molar-refractivity contribution in [3.05, 3.63) is 11.8 Å². The van der Waals surface area contributed by atoms with Crippen LogP contribution in [-0.2, 0) is 6.42 Å². The fraction of sp³-hybridized carbons (Fsp3) is 0.867. The first-order valence-corrected chi connectivity index (χ1v) is 7.89.